The third kappa shape index (κ3) is 60.1. The molecule has 10 heteroatoms. The van der Waals surface area contributed by atoms with Crippen molar-refractivity contribution in [3.05, 3.63) is 72.9 Å². The van der Waals surface area contributed by atoms with Crippen LogP contribution in [0.2, 0.25) is 0 Å². The Morgan fingerprint density at radius 2 is 0.800 bits per heavy atom. The number of hydrogen-bond donors (Lipinski definition) is 1. The zero-order valence-corrected chi connectivity index (χ0v) is 54.2. The van der Waals surface area contributed by atoms with Gasteiger partial charge in [0.2, 0.25) is 5.91 Å². The highest BCUT2D eigenvalue weighted by Gasteiger charge is 2.27. The summed E-state index contributed by atoms with van der Waals surface area (Å²) in [6.45, 7) is 6.75. The Labute approximate surface area is 495 Å². The van der Waals surface area contributed by atoms with Gasteiger partial charge in [0.1, 0.15) is 19.3 Å². The highest BCUT2D eigenvalue weighted by Crippen LogP contribution is 2.38. The minimum Gasteiger partial charge on any atom is -0.756 e. The maximum absolute atomic E-state index is 13.5. The van der Waals surface area contributed by atoms with Crippen molar-refractivity contribution < 1.29 is 37.3 Å². The molecule has 0 aromatic rings. The van der Waals surface area contributed by atoms with Crippen molar-refractivity contribution >= 4 is 19.7 Å². The summed E-state index contributed by atoms with van der Waals surface area (Å²) >= 11 is 0. The van der Waals surface area contributed by atoms with Crippen LogP contribution in [-0.4, -0.2) is 69.4 Å². The summed E-state index contributed by atoms with van der Waals surface area (Å²) < 4.78 is 30.4. The number of carbonyl (C=O) groups is 2. The van der Waals surface area contributed by atoms with Gasteiger partial charge < -0.3 is 28.5 Å². The molecule has 0 saturated heterocycles. The van der Waals surface area contributed by atoms with E-state index in [4.69, 9.17) is 13.8 Å². The highest BCUT2D eigenvalue weighted by molar-refractivity contribution is 7.45. The summed E-state index contributed by atoms with van der Waals surface area (Å²) in [5, 5.41) is 3.04. The smallest absolute Gasteiger partial charge is 0.306 e. The molecule has 9 nitrogen and oxygen atoms in total. The number of phosphoric ester groups is 1. The number of carbonyl (C=O) groups excluding carboxylic acids is 2. The molecule has 0 spiro atoms. The molecular weight excluding hydrogens is 1010 g/mol. The monoisotopic (exact) mass is 1140 g/mol. The maximum atomic E-state index is 13.5. The summed E-state index contributed by atoms with van der Waals surface area (Å²) in [5.74, 6) is -0.535. The van der Waals surface area contributed by atoms with Gasteiger partial charge in [0, 0.05) is 12.8 Å². The summed E-state index contributed by atoms with van der Waals surface area (Å²) in [6.07, 6.45) is 77.3. The molecule has 1 N–H and O–H groups in total. The molecule has 0 saturated carbocycles. The Morgan fingerprint density at radius 1 is 0.450 bits per heavy atom. The van der Waals surface area contributed by atoms with Gasteiger partial charge in [0.25, 0.3) is 7.82 Å². The van der Waals surface area contributed by atoms with Crippen LogP contribution in [0.5, 0.6) is 0 Å². The number of phosphoric acid groups is 1. The van der Waals surface area contributed by atoms with Crippen molar-refractivity contribution in [2.75, 3.05) is 40.9 Å². The van der Waals surface area contributed by atoms with Crippen LogP contribution in [0, 0.1) is 0 Å². The van der Waals surface area contributed by atoms with Crippen LogP contribution < -0.4 is 10.2 Å². The standard InChI is InChI=1S/C70H129N2O7P/c1-7-10-13-16-19-22-25-27-29-31-32-33-34-35-36-37-38-39-40-41-43-45-48-51-54-57-60-63-70(74)79-68(61-58-55-52-49-46-24-21-18-15-12-9-3)67(66-78-80(75,76)77-65-64-72(4,5)6)71-69(73)62-59-56-53-50-47-44-42-30-28-26-23-20-17-14-11-8-2/h10,13,19,22,27,29,32-33,35-36,58,61,67-68H,7-9,11-12,14-18,20-21,23-26,28,30-31,34,37-57,59-60,62-66H2,1-6H3,(H-,71,73,75,76)/b13-10-,22-19-,29-27-,33-32-,36-35-,61-58-. The Balaban J connectivity index is 5.03. The lowest BCUT2D eigenvalue weighted by molar-refractivity contribution is -0.870. The van der Waals surface area contributed by atoms with Gasteiger partial charge in [-0.3, -0.25) is 14.2 Å². The van der Waals surface area contributed by atoms with E-state index in [0.717, 1.165) is 89.9 Å². The number of esters is 1. The Morgan fingerprint density at radius 3 is 1.20 bits per heavy atom. The molecule has 80 heavy (non-hydrogen) atoms. The largest absolute Gasteiger partial charge is 0.756 e. The topological polar surface area (TPSA) is 114 Å². The predicted octanol–water partition coefficient (Wildman–Crippen LogP) is 20.5. The lowest BCUT2D eigenvalue weighted by atomic mass is 10.0. The Bertz CT molecular complexity index is 1600. The molecule has 0 aromatic heterocycles. The summed E-state index contributed by atoms with van der Waals surface area (Å²) in [6, 6.07) is -0.889. The van der Waals surface area contributed by atoms with Gasteiger partial charge in [0.05, 0.1) is 33.8 Å². The van der Waals surface area contributed by atoms with Gasteiger partial charge in [-0.2, -0.15) is 0 Å². The first-order valence-electron chi connectivity index (χ1n) is 33.7. The van der Waals surface area contributed by atoms with E-state index >= 15 is 0 Å². The second kappa shape index (κ2) is 59.6. The first-order valence-corrected chi connectivity index (χ1v) is 35.2. The first-order chi connectivity index (χ1) is 38.9. The molecule has 0 aliphatic heterocycles. The van der Waals surface area contributed by atoms with E-state index in [1.165, 1.54) is 186 Å². The second-order valence-corrected chi connectivity index (χ2v) is 25.4. The Kier molecular flexibility index (Phi) is 57.7. The van der Waals surface area contributed by atoms with Crippen molar-refractivity contribution in [2.45, 2.75) is 322 Å². The number of amides is 1. The number of nitrogens with one attached hydrogen (secondary N) is 1. The van der Waals surface area contributed by atoms with Crippen molar-refractivity contribution in [1.82, 2.24) is 5.32 Å². The lowest BCUT2D eigenvalue weighted by Crippen LogP contribution is -2.47. The van der Waals surface area contributed by atoms with E-state index < -0.39 is 20.0 Å². The molecule has 3 unspecified atom stereocenters. The van der Waals surface area contributed by atoms with Gasteiger partial charge in [0.15, 0.2) is 0 Å². The minimum absolute atomic E-state index is 0.0227. The number of ether oxygens (including phenoxy) is 1. The van der Waals surface area contributed by atoms with Crippen molar-refractivity contribution in [3.8, 4) is 0 Å². The van der Waals surface area contributed by atoms with Gasteiger partial charge in [-0.1, -0.05) is 293 Å². The van der Waals surface area contributed by atoms with Crippen LogP contribution in [0.15, 0.2) is 72.9 Å². The quantitative estimate of drug-likeness (QED) is 0.0212. The minimum atomic E-state index is -4.70. The second-order valence-electron chi connectivity index (χ2n) is 24.0. The number of nitrogens with zero attached hydrogens (tertiary/aromatic N) is 1. The van der Waals surface area contributed by atoms with Crippen LogP contribution in [0.25, 0.3) is 0 Å². The molecule has 0 aromatic carbocycles. The molecule has 466 valence electrons. The molecule has 3 atom stereocenters. The van der Waals surface area contributed by atoms with Gasteiger partial charge in [-0.05, 0) is 76.7 Å². The molecule has 0 rings (SSSR count). The molecule has 0 fully saturated rings. The summed E-state index contributed by atoms with van der Waals surface area (Å²) in [4.78, 5) is 40.1. The fourth-order valence-corrected chi connectivity index (χ4v) is 10.5. The van der Waals surface area contributed by atoms with Gasteiger partial charge in [-0.25, -0.2) is 0 Å². The maximum Gasteiger partial charge on any atom is 0.306 e. The van der Waals surface area contributed by atoms with Crippen molar-refractivity contribution in [3.63, 3.8) is 0 Å². The van der Waals surface area contributed by atoms with E-state index in [9.17, 15) is 19.0 Å². The average molecular weight is 1140 g/mol. The van der Waals surface area contributed by atoms with E-state index in [0.29, 0.717) is 17.4 Å². The fraction of sp³-hybridized carbons (Fsp3) is 0.800. The summed E-state index contributed by atoms with van der Waals surface area (Å²) in [5.41, 5.74) is 0. The van der Waals surface area contributed by atoms with Gasteiger partial charge in [-0.15, -0.1) is 0 Å². The zero-order chi connectivity index (χ0) is 58.6. The molecule has 1 amide bonds. The Hall–Kier alpha value is -2.55. The third-order valence-electron chi connectivity index (χ3n) is 14.9. The van der Waals surface area contributed by atoms with Crippen LogP contribution in [0.1, 0.15) is 310 Å². The van der Waals surface area contributed by atoms with E-state index in [1.807, 2.05) is 33.3 Å². The number of hydrogen-bond acceptors (Lipinski definition) is 7. The van der Waals surface area contributed by atoms with Crippen LogP contribution in [0.4, 0.5) is 0 Å². The molecular formula is C70H129N2O7P. The van der Waals surface area contributed by atoms with E-state index in [-0.39, 0.29) is 31.5 Å². The van der Waals surface area contributed by atoms with Crippen molar-refractivity contribution in [2.24, 2.45) is 0 Å². The number of unbranched alkanes of at least 4 members (excludes halogenated alkanes) is 35. The molecule has 0 bridgehead atoms. The van der Waals surface area contributed by atoms with Crippen LogP contribution >= 0.6 is 7.82 Å². The lowest BCUT2D eigenvalue weighted by Gasteiger charge is -2.30. The normalized spacial score (nSPS) is 14.0. The van der Waals surface area contributed by atoms with Crippen LogP contribution in [-0.2, 0) is 27.9 Å². The van der Waals surface area contributed by atoms with Crippen LogP contribution in [0.3, 0.4) is 0 Å². The SMILES string of the molecule is CC/C=C\C/C=C\C/C=C\C/C=C\C/C=C\CCCCCCCCCCCCCC(=O)OC(/C=C\CCCCCCCCCCC)C(COP(=O)([O-])OCC[N+](C)(C)C)NC(=O)CCCCCCCCCCCCCCCCCC. The fourth-order valence-electron chi connectivity index (χ4n) is 9.73. The molecule has 0 radical (unpaired) electrons. The molecule has 0 aliphatic carbocycles. The molecule has 0 heterocycles. The number of rotatable bonds is 61. The van der Waals surface area contributed by atoms with Crippen molar-refractivity contribution in [1.29, 1.82) is 0 Å². The zero-order valence-electron chi connectivity index (χ0n) is 53.3. The predicted molar refractivity (Wildman–Crippen MR) is 344 cm³/mol. The van der Waals surface area contributed by atoms with E-state index in [2.05, 4.69) is 86.8 Å². The van der Waals surface area contributed by atoms with Gasteiger partial charge >= 0.3 is 5.97 Å². The first kappa shape index (κ1) is 77.5. The highest BCUT2D eigenvalue weighted by atomic mass is 31.2. The number of likely N-dealkylation sites (N-methyl/N-ethyl adjacent to an activating group) is 1. The number of quaternary nitrogens is 1. The summed E-state index contributed by atoms with van der Waals surface area (Å²) in [7, 11) is 1.19. The average Bonchev–Trinajstić information content (AvgIpc) is 3.43. The third-order valence-corrected chi connectivity index (χ3v) is 15.9. The van der Waals surface area contributed by atoms with E-state index in [1.54, 1.807) is 0 Å². The molecule has 0 aliphatic rings. The number of allylic oxidation sites excluding steroid dienone is 11.